The molecule has 1 unspecified atom stereocenters. The normalized spacial score (nSPS) is 15.6. The smallest absolute Gasteiger partial charge is 0.255 e. The highest BCUT2D eigenvalue weighted by molar-refractivity contribution is 6.06. The molecule has 0 aliphatic carbocycles. The van der Waals surface area contributed by atoms with Crippen LogP contribution in [0.2, 0.25) is 0 Å². The van der Waals surface area contributed by atoms with E-state index in [1.807, 2.05) is 76.2 Å². The van der Waals surface area contributed by atoms with Crippen molar-refractivity contribution in [3.05, 3.63) is 70.9 Å². The lowest BCUT2D eigenvalue weighted by molar-refractivity contribution is -0.113. The van der Waals surface area contributed by atoms with Gasteiger partial charge in [0.2, 0.25) is 5.95 Å². The third-order valence-electron chi connectivity index (χ3n) is 4.78. The molecule has 2 heterocycles. The van der Waals surface area contributed by atoms with Gasteiger partial charge < -0.3 is 15.4 Å². The van der Waals surface area contributed by atoms with Crippen LogP contribution >= 0.6 is 0 Å². The number of ether oxygens (including phenoxy) is 1. The molecule has 1 aromatic heterocycles. The van der Waals surface area contributed by atoms with Gasteiger partial charge in [0.25, 0.3) is 5.91 Å². The Balaban J connectivity index is 1.75. The molecule has 0 saturated carbocycles. The van der Waals surface area contributed by atoms with E-state index in [2.05, 4.69) is 26.2 Å². The molecule has 0 fully saturated rings. The topological polar surface area (TPSA) is 94.0 Å². The molecule has 0 spiro atoms. The number of carbonyl (C=O) groups excluding carboxylic acids is 1. The number of fused-ring (bicyclic) bond motifs is 1. The van der Waals surface area contributed by atoms with Gasteiger partial charge in [-0.1, -0.05) is 29.4 Å². The number of nitrogens with one attached hydrogen (secondary N) is 2. The largest absolute Gasteiger partial charge is 0.491 e. The Morgan fingerprint density at radius 1 is 1.17 bits per heavy atom. The van der Waals surface area contributed by atoms with Crippen LogP contribution in [0.15, 0.2) is 59.8 Å². The van der Waals surface area contributed by atoms with Crippen LogP contribution in [0, 0.1) is 6.92 Å². The van der Waals surface area contributed by atoms with Gasteiger partial charge in [0.1, 0.15) is 11.8 Å². The van der Waals surface area contributed by atoms with Crippen LogP contribution in [0.25, 0.3) is 0 Å². The Bertz CT molecular complexity index is 1120. The van der Waals surface area contributed by atoms with Crippen molar-refractivity contribution < 1.29 is 9.53 Å². The summed E-state index contributed by atoms with van der Waals surface area (Å²) in [5.41, 5.74) is 3.90. The monoisotopic (exact) mass is 404 g/mol. The van der Waals surface area contributed by atoms with Crippen molar-refractivity contribution in [3.8, 4) is 5.75 Å². The van der Waals surface area contributed by atoms with Gasteiger partial charge in [-0.25, -0.2) is 0 Å². The highest BCUT2D eigenvalue weighted by Gasteiger charge is 2.34. The van der Waals surface area contributed by atoms with Gasteiger partial charge in [0.05, 0.1) is 11.7 Å². The van der Waals surface area contributed by atoms with Gasteiger partial charge in [-0.2, -0.15) is 4.68 Å². The molecule has 1 aliphatic heterocycles. The lowest BCUT2D eigenvalue weighted by Crippen LogP contribution is -2.31. The fourth-order valence-electron chi connectivity index (χ4n) is 3.57. The summed E-state index contributed by atoms with van der Waals surface area (Å²) < 4.78 is 7.47. The van der Waals surface area contributed by atoms with E-state index in [1.54, 1.807) is 4.68 Å². The molecule has 4 rings (SSSR count). The zero-order valence-electron chi connectivity index (χ0n) is 17.4. The quantitative estimate of drug-likeness (QED) is 0.673. The molecule has 8 nitrogen and oxygen atoms in total. The summed E-state index contributed by atoms with van der Waals surface area (Å²) in [6.45, 7) is 7.78. The van der Waals surface area contributed by atoms with Crippen molar-refractivity contribution in [1.82, 2.24) is 20.2 Å². The number of hydrogen-bond acceptors (Lipinski definition) is 6. The average Bonchev–Trinajstić information content (AvgIpc) is 3.14. The molecule has 0 saturated heterocycles. The summed E-state index contributed by atoms with van der Waals surface area (Å²) >= 11 is 0. The van der Waals surface area contributed by atoms with Crippen LogP contribution in [0.4, 0.5) is 11.6 Å². The number of rotatable bonds is 5. The zero-order chi connectivity index (χ0) is 21.3. The minimum atomic E-state index is -0.489. The SMILES string of the molecule is CC1=C(C(=O)Nc2cccc(C)c2)C(c2cccc(OC(C)C)c2)n2nnnc2N1. The second-order valence-electron chi connectivity index (χ2n) is 7.58. The maximum absolute atomic E-state index is 13.3. The number of aryl methyl sites for hydroxylation is 1. The fourth-order valence-corrected chi connectivity index (χ4v) is 3.57. The fraction of sp³-hybridized carbons (Fsp3) is 0.273. The number of benzene rings is 2. The van der Waals surface area contributed by atoms with Crippen LogP contribution in [-0.2, 0) is 4.79 Å². The summed E-state index contributed by atoms with van der Waals surface area (Å²) in [7, 11) is 0. The van der Waals surface area contributed by atoms with Crippen LogP contribution in [0.3, 0.4) is 0 Å². The highest BCUT2D eigenvalue weighted by Crippen LogP contribution is 2.36. The number of aromatic nitrogens is 4. The van der Waals surface area contributed by atoms with Crippen molar-refractivity contribution >= 4 is 17.5 Å². The number of nitrogens with zero attached hydrogens (tertiary/aromatic N) is 4. The first-order valence-electron chi connectivity index (χ1n) is 9.82. The molecule has 1 aliphatic rings. The molecule has 3 aromatic rings. The summed E-state index contributed by atoms with van der Waals surface area (Å²) in [4.78, 5) is 13.3. The number of tetrazole rings is 1. The van der Waals surface area contributed by atoms with Crippen molar-refractivity contribution in [3.63, 3.8) is 0 Å². The van der Waals surface area contributed by atoms with Crippen molar-refractivity contribution in [2.45, 2.75) is 39.8 Å². The number of amides is 1. The minimum absolute atomic E-state index is 0.0400. The van der Waals surface area contributed by atoms with Gasteiger partial charge in [-0.05, 0) is 73.5 Å². The molecule has 1 atom stereocenters. The molecule has 1 amide bonds. The molecule has 2 aromatic carbocycles. The summed E-state index contributed by atoms with van der Waals surface area (Å²) in [6, 6.07) is 14.9. The molecule has 30 heavy (non-hydrogen) atoms. The Morgan fingerprint density at radius 2 is 1.97 bits per heavy atom. The maximum atomic E-state index is 13.3. The van der Waals surface area contributed by atoms with E-state index >= 15 is 0 Å². The lowest BCUT2D eigenvalue weighted by atomic mass is 9.94. The van der Waals surface area contributed by atoms with Crippen molar-refractivity contribution in [1.29, 1.82) is 0 Å². The number of anilines is 2. The third-order valence-corrected chi connectivity index (χ3v) is 4.78. The van der Waals surface area contributed by atoms with Gasteiger partial charge >= 0.3 is 0 Å². The van der Waals surface area contributed by atoms with Gasteiger partial charge in [0.15, 0.2) is 0 Å². The van der Waals surface area contributed by atoms with E-state index in [-0.39, 0.29) is 12.0 Å². The summed E-state index contributed by atoms with van der Waals surface area (Å²) in [5.74, 6) is 0.999. The van der Waals surface area contributed by atoms with E-state index < -0.39 is 6.04 Å². The summed E-state index contributed by atoms with van der Waals surface area (Å²) in [5, 5.41) is 18.1. The Hall–Kier alpha value is -3.68. The third kappa shape index (κ3) is 3.89. The second kappa shape index (κ2) is 7.98. The highest BCUT2D eigenvalue weighted by atomic mass is 16.5. The first-order chi connectivity index (χ1) is 14.4. The molecule has 2 N–H and O–H groups in total. The zero-order valence-corrected chi connectivity index (χ0v) is 17.4. The van der Waals surface area contributed by atoms with Crippen molar-refractivity contribution in [2.75, 3.05) is 10.6 Å². The van der Waals surface area contributed by atoms with Crippen LogP contribution in [-0.4, -0.2) is 32.2 Å². The number of hydrogen-bond donors (Lipinski definition) is 2. The lowest BCUT2D eigenvalue weighted by Gasteiger charge is -2.28. The molecular weight excluding hydrogens is 380 g/mol. The Labute approximate surface area is 174 Å². The predicted molar refractivity (Wildman–Crippen MR) is 114 cm³/mol. The van der Waals surface area contributed by atoms with Crippen LogP contribution in [0.1, 0.15) is 37.9 Å². The maximum Gasteiger partial charge on any atom is 0.255 e. The summed E-state index contributed by atoms with van der Waals surface area (Å²) in [6.07, 6.45) is 0.0400. The minimum Gasteiger partial charge on any atom is -0.491 e. The van der Waals surface area contributed by atoms with Gasteiger partial charge in [-0.15, -0.1) is 0 Å². The molecule has 0 radical (unpaired) electrons. The van der Waals surface area contributed by atoms with Crippen LogP contribution < -0.4 is 15.4 Å². The molecule has 0 bridgehead atoms. The first-order valence-corrected chi connectivity index (χ1v) is 9.82. The van der Waals surface area contributed by atoms with Gasteiger partial charge in [-0.3, -0.25) is 4.79 Å². The first kappa shape index (κ1) is 19.6. The van der Waals surface area contributed by atoms with Crippen LogP contribution in [0.5, 0.6) is 5.75 Å². The number of carbonyl (C=O) groups is 1. The average molecular weight is 404 g/mol. The Morgan fingerprint density at radius 3 is 2.73 bits per heavy atom. The molecule has 8 heteroatoms. The predicted octanol–water partition coefficient (Wildman–Crippen LogP) is 3.70. The van der Waals surface area contributed by atoms with E-state index in [0.29, 0.717) is 17.2 Å². The number of allylic oxidation sites excluding steroid dienone is 1. The van der Waals surface area contributed by atoms with Crippen molar-refractivity contribution in [2.24, 2.45) is 0 Å². The van der Waals surface area contributed by atoms with E-state index in [9.17, 15) is 4.79 Å². The van der Waals surface area contributed by atoms with Gasteiger partial charge in [0, 0.05) is 11.4 Å². The van der Waals surface area contributed by atoms with E-state index in [4.69, 9.17) is 4.74 Å². The van der Waals surface area contributed by atoms with E-state index in [1.165, 1.54) is 0 Å². The molecular formula is C22H24N6O2. The Kier molecular flexibility index (Phi) is 5.22. The molecule has 154 valence electrons. The second-order valence-corrected chi connectivity index (χ2v) is 7.58. The standard InChI is InChI=1S/C22H24N6O2/c1-13(2)30-18-10-6-8-16(12-18)20-19(15(4)23-22-25-26-27-28(20)22)21(29)24-17-9-5-7-14(3)11-17/h5-13,20H,1-4H3,(H,24,29)(H,23,25,27). The van der Waals surface area contributed by atoms with E-state index in [0.717, 1.165) is 22.6 Å².